The summed E-state index contributed by atoms with van der Waals surface area (Å²) in [6.07, 6.45) is 4.73. The zero-order valence-electron chi connectivity index (χ0n) is 6.57. The molecule has 0 atom stereocenters. The van der Waals surface area contributed by atoms with Crippen LogP contribution in [0.4, 0.5) is 0 Å². The highest BCUT2D eigenvalue weighted by Gasteiger charge is 1.97. The molecule has 0 aromatic carbocycles. The highest BCUT2D eigenvalue weighted by atomic mass is 32.1. The lowest BCUT2D eigenvalue weighted by Crippen LogP contribution is -1.82. The smallest absolute Gasteiger partial charge is 0.107 e. The molecular formula is C10H9OS. The van der Waals surface area contributed by atoms with Crippen LogP contribution in [0.2, 0.25) is 0 Å². The molecule has 0 aliphatic rings. The largest absolute Gasteiger partial charge is 0.469 e. The van der Waals surface area contributed by atoms with E-state index in [1.165, 1.54) is 5.56 Å². The van der Waals surface area contributed by atoms with Crippen molar-refractivity contribution in [2.45, 2.75) is 6.42 Å². The molecule has 2 aromatic heterocycles. The summed E-state index contributed by atoms with van der Waals surface area (Å²) < 4.78 is 5.18. The summed E-state index contributed by atoms with van der Waals surface area (Å²) in [4.78, 5) is 0. The Kier molecular flexibility index (Phi) is 2.28. The van der Waals surface area contributed by atoms with Gasteiger partial charge in [0.1, 0.15) is 5.76 Å². The molecule has 0 fully saturated rings. The Labute approximate surface area is 75.7 Å². The van der Waals surface area contributed by atoms with Gasteiger partial charge in [-0.2, -0.15) is 11.3 Å². The maximum absolute atomic E-state index is 5.18. The van der Waals surface area contributed by atoms with E-state index in [9.17, 15) is 0 Å². The van der Waals surface area contributed by atoms with Crippen molar-refractivity contribution in [1.29, 1.82) is 0 Å². The van der Waals surface area contributed by atoms with Crippen LogP contribution in [0, 0.1) is 6.42 Å². The van der Waals surface area contributed by atoms with Crippen LogP contribution >= 0.6 is 11.3 Å². The van der Waals surface area contributed by atoms with Gasteiger partial charge in [-0.3, -0.25) is 0 Å². The topological polar surface area (TPSA) is 13.1 Å². The van der Waals surface area contributed by atoms with Crippen LogP contribution < -0.4 is 0 Å². The van der Waals surface area contributed by atoms with E-state index >= 15 is 0 Å². The molecule has 0 aliphatic heterocycles. The molecule has 1 nitrogen and oxygen atoms in total. The minimum absolute atomic E-state index is 0.946. The van der Waals surface area contributed by atoms with Gasteiger partial charge in [0.2, 0.25) is 0 Å². The normalized spacial score (nSPS) is 10.3. The van der Waals surface area contributed by atoms with Gasteiger partial charge in [-0.25, -0.2) is 0 Å². The molecule has 0 saturated heterocycles. The zero-order chi connectivity index (χ0) is 8.23. The summed E-state index contributed by atoms with van der Waals surface area (Å²) in [6.45, 7) is 0. The second kappa shape index (κ2) is 3.59. The molecule has 2 heterocycles. The number of thiophene rings is 1. The Morgan fingerprint density at radius 2 is 2.42 bits per heavy atom. The fourth-order valence-corrected chi connectivity index (χ4v) is 1.72. The van der Waals surface area contributed by atoms with E-state index in [1.54, 1.807) is 17.6 Å². The van der Waals surface area contributed by atoms with Gasteiger partial charge in [-0.1, -0.05) is 0 Å². The first-order valence-electron chi connectivity index (χ1n) is 3.83. The van der Waals surface area contributed by atoms with E-state index in [0.29, 0.717) is 0 Å². The monoisotopic (exact) mass is 177 g/mol. The highest BCUT2D eigenvalue weighted by molar-refractivity contribution is 7.07. The van der Waals surface area contributed by atoms with Crippen LogP contribution in [0.15, 0.2) is 39.6 Å². The summed E-state index contributed by atoms with van der Waals surface area (Å²) in [7, 11) is 0. The molecule has 2 heteroatoms. The average Bonchev–Trinajstić information content (AvgIpc) is 2.74. The quantitative estimate of drug-likeness (QED) is 0.702. The number of furan rings is 1. The van der Waals surface area contributed by atoms with Crippen LogP contribution in [-0.2, 0) is 6.42 Å². The van der Waals surface area contributed by atoms with Crippen LogP contribution in [0.3, 0.4) is 0 Å². The Morgan fingerprint density at radius 3 is 3.08 bits per heavy atom. The number of hydrogen-bond acceptors (Lipinski definition) is 2. The van der Waals surface area contributed by atoms with Gasteiger partial charge in [-0.05, 0) is 40.9 Å². The van der Waals surface area contributed by atoms with Crippen LogP contribution in [0.25, 0.3) is 0 Å². The lowest BCUT2D eigenvalue weighted by Gasteiger charge is -1.92. The molecule has 0 amide bonds. The van der Waals surface area contributed by atoms with Crippen molar-refractivity contribution >= 4 is 11.3 Å². The van der Waals surface area contributed by atoms with E-state index in [0.717, 1.165) is 12.2 Å². The maximum atomic E-state index is 5.18. The molecule has 0 N–H and O–H groups in total. The average molecular weight is 177 g/mol. The van der Waals surface area contributed by atoms with Crippen molar-refractivity contribution in [3.05, 3.63) is 53.0 Å². The summed E-state index contributed by atoms with van der Waals surface area (Å²) >= 11 is 1.73. The van der Waals surface area contributed by atoms with Crippen LogP contribution in [0.1, 0.15) is 11.3 Å². The second-order valence-electron chi connectivity index (χ2n) is 2.56. The summed E-state index contributed by atoms with van der Waals surface area (Å²) in [5, 5.41) is 4.24. The van der Waals surface area contributed by atoms with E-state index < -0.39 is 0 Å². The van der Waals surface area contributed by atoms with Crippen molar-refractivity contribution in [2.24, 2.45) is 0 Å². The molecule has 0 saturated carbocycles. The maximum Gasteiger partial charge on any atom is 0.107 e. The molecule has 2 aromatic rings. The third kappa shape index (κ3) is 1.77. The third-order valence-corrected chi connectivity index (χ3v) is 2.39. The minimum atomic E-state index is 0.946. The molecule has 0 bridgehead atoms. The van der Waals surface area contributed by atoms with Crippen molar-refractivity contribution < 1.29 is 4.42 Å². The van der Waals surface area contributed by atoms with Crippen LogP contribution in [0.5, 0.6) is 0 Å². The van der Waals surface area contributed by atoms with Crippen molar-refractivity contribution in [2.75, 3.05) is 0 Å². The first-order chi connectivity index (χ1) is 5.95. The zero-order valence-corrected chi connectivity index (χ0v) is 7.38. The Bertz CT molecular complexity index is 273. The van der Waals surface area contributed by atoms with Gasteiger partial charge in [-0.15, -0.1) is 0 Å². The van der Waals surface area contributed by atoms with Crippen LogP contribution in [-0.4, -0.2) is 0 Å². The lowest BCUT2D eigenvalue weighted by atomic mass is 10.2. The first-order valence-corrected chi connectivity index (χ1v) is 4.77. The molecule has 2 rings (SSSR count). The first kappa shape index (κ1) is 7.62. The molecular weight excluding hydrogens is 168 g/mol. The fourth-order valence-electron chi connectivity index (χ4n) is 1.03. The number of rotatable bonds is 3. The van der Waals surface area contributed by atoms with E-state index in [4.69, 9.17) is 4.42 Å². The Hall–Kier alpha value is -1.02. The standard InChI is InChI=1S/C10H9OS/c1-2-10(11-6-1)4-3-9-5-7-12-8-9/h1-2,4-8H,3H2. The Morgan fingerprint density at radius 1 is 1.42 bits per heavy atom. The highest BCUT2D eigenvalue weighted by Crippen LogP contribution is 2.12. The van der Waals surface area contributed by atoms with E-state index in [-0.39, 0.29) is 0 Å². The molecule has 61 valence electrons. The van der Waals surface area contributed by atoms with Gasteiger partial charge < -0.3 is 4.42 Å². The molecule has 0 spiro atoms. The molecule has 12 heavy (non-hydrogen) atoms. The van der Waals surface area contributed by atoms with Gasteiger partial charge in [0.05, 0.1) is 6.26 Å². The predicted molar refractivity (Wildman–Crippen MR) is 50.1 cm³/mol. The van der Waals surface area contributed by atoms with Gasteiger partial charge in [0, 0.05) is 6.42 Å². The Balaban J connectivity index is 1.91. The summed E-state index contributed by atoms with van der Waals surface area (Å²) in [5.74, 6) is 0.946. The lowest BCUT2D eigenvalue weighted by molar-refractivity contribution is 0.537. The molecule has 0 unspecified atom stereocenters. The number of hydrogen-bond donors (Lipinski definition) is 0. The minimum Gasteiger partial charge on any atom is -0.469 e. The van der Waals surface area contributed by atoms with E-state index in [2.05, 4.69) is 23.2 Å². The fraction of sp³-hybridized carbons (Fsp3) is 0.100. The predicted octanol–water partition coefficient (Wildman–Crippen LogP) is 3.14. The summed E-state index contributed by atoms with van der Waals surface area (Å²) in [6, 6.07) is 6.00. The van der Waals surface area contributed by atoms with Gasteiger partial charge in [0.15, 0.2) is 0 Å². The third-order valence-electron chi connectivity index (χ3n) is 1.66. The molecule has 1 radical (unpaired) electrons. The SMILES string of the molecule is [CH](Cc1ccsc1)c1ccco1. The van der Waals surface area contributed by atoms with Crippen molar-refractivity contribution in [1.82, 2.24) is 0 Å². The summed E-state index contributed by atoms with van der Waals surface area (Å²) in [5.41, 5.74) is 1.34. The van der Waals surface area contributed by atoms with Crippen molar-refractivity contribution in [3.63, 3.8) is 0 Å². The van der Waals surface area contributed by atoms with E-state index in [1.807, 2.05) is 12.1 Å². The van der Waals surface area contributed by atoms with Crippen molar-refractivity contribution in [3.8, 4) is 0 Å². The second-order valence-corrected chi connectivity index (χ2v) is 3.34. The molecule has 0 aliphatic carbocycles. The van der Waals surface area contributed by atoms with Gasteiger partial charge in [0.25, 0.3) is 0 Å². The van der Waals surface area contributed by atoms with Gasteiger partial charge >= 0.3 is 0 Å².